The molecule has 35 heavy (non-hydrogen) atoms. The summed E-state index contributed by atoms with van der Waals surface area (Å²) in [5.74, 6) is 1.46. The fraction of sp³-hybridized carbons (Fsp3) is 0.258. The Balaban J connectivity index is 1.48. The van der Waals surface area contributed by atoms with Crippen LogP contribution in [0.25, 0.3) is 38.8 Å². The molecule has 0 saturated carbocycles. The Morgan fingerprint density at radius 3 is 2.31 bits per heavy atom. The van der Waals surface area contributed by atoms with Gasteiger partial charge in [-0.15, -0.1) is 0 Å². The van der Waals surface area contributed by atoms with E-state index >= 15 is 0 Å². The van der Waals surface area contributed by atoms with E-state index in [1.54, 1.807) is 19.4 Å². The van der Waals surface area contributed by atoms with E-state index in [9.17, 15) is 4.79 Å². The lowest BCUT2D eigenvalue weighted by molar-refractivity contribution is -0.127. The lowest BCUT2D eigenvalue weighted by Gasteiger charge is -2.29. The average Bonchev–Trinajstić information content (AvgIpc) is 3.31. The van der Waals surface area contributed by atoms with E-state index in [1.165, 1.54) is 11.1 Å². The Hall–Kier alpha value is -3.79. The van der Waals surface area contributed by atoms with Gasteiger partial charge in [0.1, 0.15) is 11.3 Å². The van der Waals surface area contributed by atoms with Gasteiger partial charge in [-0.25, -0.2) is 0 Å². The molecule has 2 heterocycles. The van der Waals surface area contributed by atoms with Crippen molar-refractivity contribution in [2.24, 2.45) is 5.92 Å². The van der Waals surface area contributed by atoms with Crippen molar-refractivity contribution < 1.29 is 13.9 Å². The van der Waals surface area contributed by atoms with Gasteiger partial charge in [-0.1, -0.05) is 61.5 Å². The molecule has 0 bridgehead atoms. The molecule has 1 fully saturated rings. The quantitative estimate of drug-likeness (QED) is 0.288. The predicted molar refractivity (Wildman–Crippen MR) is 142 cm³/mol. The van der Waals surface area contributed by atoms with Crippen LogP contribution in [0.15, 0.2) is 83.5 Å². The maximum Gasteiger partial charge on any atom is 0.246 e. The van der Waals surface area contributed by atoms with E-state index in [4.69, 9.17) is 9.15 Å². The van der Waals surface area contributed by atoms with Gasteiger partial charge in [-0.3, -0.25) is 4.79 Å². The second kappa shape index (κ2) is 9.83. The number of ether oxygens (including phenoxy) is 1. The fourth-order valence-corrected chi connectivity index (χ4v) is 4.81. The molecule has 0 N–H and O–H groups in total. The zero-order valence-corrected chi connectivity index (χ0v) is 20.6. The summed E-state index contributed by atoms with van der Waals surface area (Å²) in [6.07, 6.45) is 5.67. The standard InChI is InChI=1S/C31H31NO3/c1-21-13-15-32(16-14-21)31(33)17-22(2)26-18-27-28(20-35-30(27)19-29(26)34-3)25-11-9-24(10-12-25)23-7-5-4-6-8-23/h4-12,17-21H,13-16H2,1-3H3/b22-17+. The largest absolute Gasteiger partial charge is 0.496 e. The number of fused-ring (bicyclic) bond motifs is 1. The second-order valence-corrected chi connectivity index (χ2v) is 9.48. The lowest BCUT2D eigenvalue weighted by Crippen LogP contribution is -2.36. The molecular formula is C31H31NO3. The SMILES string of the molecule is COc1cc2occ(-c3ccc(-c4ccccc4)cc3)c2cc1/C(C)=C/C(=O)N1CCC(C)CC1. The number of hydrogen-bond acceptors (Lipinski definition) is 3. The van der Waals surface area contributed by atoms with Crippen LogP contribution in [0.3, 0.4) is 0 Å². The monoisotopic (exact) mass is 465 g/mol. The number of likely N-dealkylation sites (tertiary alicyclic amines) is 1. The van der Waals surface area contributed by atoms with Crippen LogP contribution in [0.4, 0.5) is 0 Å². The molecule has 0 unspecified atom stereocenters. The van der Waals surface area contributed by atoms with Crippen molar-refractivity contribution >= 4 is 22.4 Å². The van der Waals surface area contributed by atoms with Gasteiger partial charge in [0.2, 0.25) is 5.91 Å². The number of nitrogens with zero attached hydrogens (tertiary/aromatic N) is 1. The Morgan fingerprint density at radius 1 is 0.971 bits per heavy atom. The number of carbonyl (C=O) groups excluding carboxylic acids is 1. The van der Waals surface area contributed by atoms with Crippen molar-refractivity contribution in [3.05, 3.63) is 84.6 Å². The summed E-state index contributed by atoms with van der Waals surface area (Å²) in [5.41, 5.74) is 7.02. The first-order valence-corrected chi connectivity index (χ1v) is 12.3. The molecule has 1 saturated heterocycles. The highest BCUT2D eigenvalue weighted by Crippen LogP contribution is 2.38. The average molecular weight is 466 g/mol. The van der Waals surface area contributed by atoms with Crippen LogP contribution in [-0.4, -0.2) is 31.0 Å². The van der Waals surface area contributed by atoms with Gasteiger partial charge in [0, 0.05) is 41.7 Å². The molecular weight excluding hydrogens is 434 g/mol. The summed E-state index contributed by atoms with van der Waals surface area (Å²) >= 11 is 0. The van der Waals surface area contributed by atoms with Crippen molar-refractivity contribution in [3.63, 3.8) is 0 Å². The van der Waals surface area contributed by atoms with Gasteiger partial charge in [0.05, 0.1) is 13.4 Å². The van der Waals surface area contributed by atoms with Crippen LogP contribution in [0.5, 0.6) is 5.75 Å². The normalized spacial score (nSPS) is 14.9. The number of amides is 1. The number of allylic oxidation sites excluding steroid dienone is 1. The maximum absolute atomic E-state index is 12.9. The topological polar surface area (TPSA) is 42.7 Å². The van der Waals surface area contributed by atoms with Crippen molar-refractivity contribution in [1.82, 2.24) is 4.90 Å². The van der Waals surface area contributed by atoms with Crippen molar-refractivity contribution in [2.45, 2.75) is 26.7 Å². The minimum atomic E-state index is 0.0699. The molecule has 0 aliphatic carbocycles. The molecule has 5 rings (SSSR count). The van der Waals surface area contributed by atoms with E-state index in [-0.39, 0.29) is 5.91 Å². The number of carbonyl (C=O) groups is 1. The summed E-state index contributed by atoms with van der Waals surface area (Å²) in [6.45, 7) is 5.87. The molecule has 178 valence electrons. The summed E-state index contributed by atoms with van der Waals surface area (Å²) in [4.78, 5) is 14.9. The van der Waals surface area contributed by atoms with Crippen LogP contribution in [0.1, 0.15) is 32.3 Å². The number of furan rings is 1. The first-order valence-electron chi connectivity index (χ1n) is 12.3. The smallest absolute Gasteiger partial charge is 0.246 e. The molecule has 1 aliphatic rings. The van der Waals surface area contributed by atoms with Gasteiger partial charge < -0.3 is 14.1 Å². The van der Waals surface area contributed by atoms with Crippen LogP contribution in [0, 0.1) is 5.92 Å². The zero-order chi connectivity index (χ0) is 24.4. The summed E-state index contributed by atoms with van der Waals surface area (Å²) in [5, 5.41) is 1.00. The number of benzene rings is 3. The van der Waals surface area contributed by atoms with Crippen LogP contribution in [-0.2, 0) is 4.79 Å². The molecule has 4 heteroatoms. The van der Waals surface area contributed by atoms with Gasteiger partial charge in [-0.2, -0.15) is 0 Å². The first kappa shape index (κ1) is 23.0. The lowest BCUT2D eigenvalue weighted by atomic mass is 9.97. The van der Waals surface area contributed by atoms with E-state index in [0.29, 0.717) is 11.7 Å². The van der Waals surface area contributed by atoms with Crippen molar-refractivity contribution in [2.75, 3.05) is 20.2 Å². The third kappa shape index (κ3) is 4.74. The highest BCUT2D eigenvalue weighted by Gasteiger charge is 2.20. The molecule has 0 atom stereocenters. The third-order valence-corrected chi connectivity index (χ3v) is 7.06. The Kier molecular flexibility index (Phi) is 6.45. The molecule has 4 aromatic rings. The summed E-state index contributed by atoms with van der Waals surface area (Å²) in [6, 6.07) is 22.9. The molecule has 0 radical (unpaired) electrons. The van der Waals surface area contributed by atoms with E-state index in [0.717, 1.165) is 59.2 Å². The highest BCUT2D eigenvalue weighted by atomic mass is 16.5. The summed E-state index contributed by atoms with van der Waals surface area (Å²) in [7, 11) is 1.65. The maximum atomic E-state index is 12.9. The van der Waals surface area contributed by atoms with Gasteiger partial charge >= 0.3 is 0 Å². The molecule has 4 nitrogen and oxygen atoms in total. The molecule has 1 aliphatic heterocycles. The van der Waals surface area contributed by atoms with Crippen molar-refractivity contribution in [1.29, 1.82) is 0 Å². The number of methoxy groups -OCH3 is 1. The Bertz CT molecular complexity index is 1360. The molecule has 0 spiro atoms. The highest BCUT2D eigenvalue weighted by molar-refractivity contribution is 6.00. The first-order chi connectivity index (χ1) is 17.0. The second-order valence-electron chi connectivity index (χ2n) is 9.48. The van der Waals surface area contributed by atoms with E-state index in [2.05, 4.69) is 49.4 Å². The van der Waals surface area contributed by atoms with E-state index in [1.807, 2.05) is 36.1 Å². The molecule has 3 aromatic carbocycles. The fourth-order valence-electron chi connectivity index (χ4n) is 4.81. The minimum absolute atomic E-state index is 0.0699. The van der Waals surface area contributed by atoms with Crippen molar-refractivity contribution in [3.8, 4) is 28.0 Å². The van der Waals surface area contributed by atoms with Gasteiger partial charge in [0.25, 0.3) is 0 Å². The Labute approximate surface area is 206 Å². The molecule has 1 amide bonds. The van der Waals surface area contributed by atoms with E-state index < -0.39 is 0 Å². The van der Waals surface area contributed by atoms with Gasteiger partial charge in [-0.05, 0) is 54.0 Å². The zero-order valence-electron chi connectivity index (χ0n) is 20.6. The number of piperidine rings is 1. The van der Waals surface area contributed by atoms with Crippen LogP contribution in [0.2, 0.25) is 0 Å². The minimum Gasteiger partial charge on any atom is -0.496 e. The third-order valence-electron chi connectivity index (χ3n) is 7.06. The molecule has 1 aromatic heterocycles. The number of hydrogen-bond donors (Lipinski definition) is 0. The van der Waals surface area contributed by atoms with Crippen LogP contribution >= 0.6 is 0 Å². The predicted octanol–water partition coefficient (Wildman–Crippen LogP) is 7.44. The Morgan fingerprint density at radius 2 is 1.63 bits per heavy atom. The number of rotatable bonds is 5. The summed E-state index contributed by atoms with van der Waals surface area (Å²) < 4.78 is 11.6. The van der Waals surface area contributed by atoms with Gasteiger partial charge in [0.15, 0.2) is 0 Å². The van der Waals surface area contributed by atoms with Crippen LogP contribution < -0.4 is 4.74 Å².